The molecule has 0 radical (unpaired) electrons. The summed E-state index contributed by atoms with van der Waals surface area (Å²) >= 11 is 0. The standard InChI is InChI=1S/C8H11F2NO/c1-7(2,3)8(9,10)6(12)5-11-4/h5H2,1-3H3. The van der Waals surface area contributed by atoms with Gasteiger partial charge in [-0.25, -0.2) is 6.57 Å². The minimum Gasteiger partial charge on any atom is -0.308 e. The Balaban J connectivity index is 4.64. The predicted octanol–water partition coefficient (Wildman–Crippen LogP) is 2.16. The third-order valence-electron chi connectivity index (χ3n) is 1.51. The molecule has 0 spiro atoms. The molecule has 0 aliphatic rings. The lowest BCUT2D eigenvalue weighted by Gasteiger charge is -2.27. The van der Waals surface area contributed by atoms with Gasteiger partial charge in [-0.15, -0.1) is 0 Å². The fourth-order valence-electron chi connectivity index (χ4n) is 0.589. The Morgan fingerprint density at radius 3 is 2.08 bits per heavy atom. The van der Waals surface area contributed by atoms with Crippen LogP contribution in [0.3, 0.4) is 0 Å². The van der Waals surface area contributed by atoms with Crippen LogP contribution in [-0.2, 0) is 4.79 Å². The molecule has 0 heterocycles. The fourth-order valence-corrected chi connectivity index (χ4v) is 0.589. The van der Waals surface area contributed by atoms with E-state index in [1.807, 2.05) is 0 Å². The van der Waals surface area contributed by atoms with Gasteiger partial charge in [-0.05, 0) is 0 Å². The van der Waals surface area contributed by atoms with Crippen molar-refractivity contribution in [1.29, 1.82) is 0 Å². The maximum absolute atomic E-state index is 13.0. The molecule has 0 amide bonds. The first kappa shape index (κ1) is 11.0. The zero-order valence-electron chi connectivity index (χ0n) is 7.32. The summed E-state index contributed by atoms with van der Waals surface area (Å²) in [6.45, 7) is 9.36. The normalized spacial score (nSPS) is 12.3. The van der Waals surface area contributed by atoms with Crippen molar-refractivity contribution in [2.45, 2.75) is 26.7 Å². The molecule has 0 N–H and O–H groups in total. The summed E-state index contributed by atoms with van der Waals surface area (Å²) in [7, 11) is 0. The largest absolute Gasteiger partial charge is 0.317 e. The topological polar surface area (TPSA) is 21.4 Å². The van der Waals surface area contributed by atoms with Crippen molar-refractivity contribution in [2.24, 2.45) is 5.41 Å². The van der Waals surface area contributed by atoms with Crippen LogP contribution in [0.25, 0.3) is 4.85 Å². The molecule has 0 unspecified atom stereocenters. The SMILES string of the molecule is [C-]#[N+]CC(=O)C(F)(F)C(C)(C)C. The van der Waals surface area contributed by atoms with E-state index in [2.05, 4.69) is 4.85 Å². The molecule has 0 aromatic rings. The highest BCUT2D eigenvalue weighted by atomic mass is 19.3. The number of carbonyl (C=O) groups is 1. The lowest BCUT2D eigenvalue weighted by Crippen LogP contribution is -2.42. The number of halogens is 2. The summed E-state index contributed by atoms with van der Waals surface area (Å²) in [4.78, 5) is 13.4. The van der Waals surface area contributed by atoms with Crippen molar-refractivity contribution >= 4 is 5.78 Å². The van der Waals surface area contributed by atoms with Crippen LogP contribution < -0.4 is 0 Å². The molecule has 2 nitrogen and oxygen atoms in total. The highest BCUT2D eigenvalue weighted by Gasteiger charge is 2.50. The van der Waals surface area contributed by atoms with Crippen molar-refractivity contribution in [3.8, 4) is 0 Å². The molecule has 0 fully saturated rings. The highest BCUT2D eigenvalue weighted by Crippen LogP contribution is 2.36. The van der Waals surface area contributed by atoms with Gasteiger partial charge >= 0.3 is 5.92 Å². The Morgan fingerprint density at radius 2 is 1.83 bits per heavy atom. The Morgan fingerprint density at radius 1 is 1.42 bits per heavy atom. The molecule has 68 valence electrons. The molecule has 0 aliphatic heterocycles. The van der Waals surface area contributed by atoms with Crippen LogP contribution in [0.2, 0.25) is 0 Å². The van der Waals surface area contributed by atoms with Crippen LogP contribution in [-0.4, -0.2) is 18.3 Å². The van der Waals surface area contributed by atoms with Crippen molar-refractivity contribution in [1.82, 2.24) is 0 Å². The van der Waals surface area contributed by atoms with Crippen molar-refractivity contribution in [3.05, 3.63) is 11.4 Å². The summed E-state index contributed by atoms with van der Waals surface area (Å²) in [6, 6.07) is 0. The maximum Gasteiger partial charge on any atom is 0.317 e. The minimum absolute atomic E-state index is 0.746. The second-order valence-electron chi connectivity index (χ2n) is 3.56. The summed E-state index contributed by atoms with van der Waals surface area (Å²) in [5.74, 6) is -4.71. The third-order valence-corrected chi connectivity index (χ3v) is 1.51. The Bertz CT molecular complexity index is 222. The first-order valence-corrected chi connectivity index (χ1v) is 3.48. The van der Waals surface area contributed by atoms with Gasteiger partial charge in [0.1, 0.15) is 0 Å². The molecule has 0 atom stereocenters. The summed E-state index contributed by atoms with van der Waals surface area (Å²) in [6.07, 6.45) is 0. The molecule has 4 heteroatoms. The molecule has 0 saturated heterocycles. The Hall–Kier alpha value is -0.980. The number of Topliss-reactive ketones (excluding diaryl/α,β-unsaturated/α-hetero) is 1. The zero-order valence-corrected chi connectivity index (χ0v) is 7.32. The van der Waals surface area contributed by atoms with E-state index in [1.165, 1.54) is 20.8 Å². The number of ketones is 1. The number of alkyl halides is 2. The summed E-state index contributed by atoms with van der Waals surface area (Å²) in [5, 5.41) is 0. The van der Waals surface area contributed by atoms with Crippen LogP contribution in [0.5, 0.6) is 0 Å². The average Bonchev–Trinajstić information content (AvgIpc) is 1.85. The van der Waals surface area contributed by atoms with Crippen molar-refractivity contribution in [2.75, 3.05) is 6.54 Å². The fraction of sp³-hybridized carbons (Fsp3) is 0.750. The number of carbonyl (C=O) groups excluding carboxylic acids is 1. The zero-order chi connectivity index (χ0) is 9.99. The quantitative estimate of drug-likeness (QED) is 0.589. The Kier molecular flexibility index (Phi) is 2.92. The highest BCUT2D eigenvalue weighted by molar-refractivity contribution is 5.89. The predicted molar refractivity (Wildman–Crippen MR) is 40.9 cm³/mol. The van der Waals surface area contributed by atoms with Crippen LogP contribution in [0.4, 0.5) is 8.78 Å². The van der Waals surface area contributed by atoms with Gasteiger partial charge in [0.25, 0.3) is 12.3 Å². The second kappa shape index (κ2) is 3.18. The van der Waals surface area contributed by atoms with E-state index < -0.39 is 23.7 Å². The van der Waals surface area contributed by atoms with E-state index in [9.17, 15) is 13.6 Å². The van der Waals surface area contributed by atoms with Crippen molar-refractivity contribution < 1.29 is 13.6 Å². The molecular weight excluding hydrogens is 164 g/mol. The number of rotatable bonds is 2. The molecular formula is C8H11F2NO. The van der Waals surface area contributed by atoms with Gasteiger partial charge in [-0.2, -0.15) is 8.78 Å². The summed E-state index contributed by atoms with van der Waals surface area (Å²) in [5.41, 5.74) is -1.41. The van der Waals surface area contributed by atoms with Gasteiger partial charge in [0, 0.05) is 5.41 Å². The molecule has 0 saturated carbocycles. The van der Waals surface area contributed by atoms with Crippen molar-refractivity contribution in [3.63, 3.8) is 0 Å². The van der Waals surface area contributed by atoms with Gasteiger partial charge in [0.2, 0.25) is 0 Å². The molecule has 0 aliphatic carbocycles. The number of hydrogen-bond acceptors (Lipinski definition) is 1. The third kappa shape index (κ3) is 2.00. The smallest absolute Gasteiger partial charge is 0.308 e. The number of hydrogen-bond donors (Lipinski definition) is 0. The minimum atomic E-state index is -3.41. The van der Waals surface area contributed by atoms with Crippen LogP contribution in [0.15, 0.2) is 0 Å². The van der Waals surface area contributed by atoms with E-state index in [-0.39, 0.29) is 0 Å². The second-order valence-corrected chi connectivity index (χ2v) is 3.56. The van der Waals surface area contributed by atoms with Gasteiger partial charge in [0.05, 0.1) is 0 Å². The van der Waals surface area contributed by atoms with E-state index in [0.717, 1.165) is 0 Å². The Labute approximate surface area is 70.4 Å². The maximum atomic E-state index is 13.0. The average molecular weight is 175 g/mol. The van der Waals surface area contributed by atoms with Gasteiger partial charge in [-0.3, -0.25) is 4.79 Å². The number of nitrogens with zero attached hydrogens (tertiary/aromatic N) is 1. The van der Waals surface area contributed by atoms with E-state index in [0.29, 0.717) is 0 Å². The van der Waals surface area contributed by atoms with E-state index in [4.69, 9.17) is 6.57 Å². The first-order valence-electron chi connectivity index (χ1n) is 3.48. The lowest BCUT2D eigenvalue weighted by molar-refractivity contribution is -0.157. The van der Waals surface area contributed by atoms with Gasteiger partial charge < -0.3 is 4.85 Å². The lowest BCUT2D eigenvalue weighted by atomic mass is 9.85. The summed E-state index contributed by atoms with van der Waals surface area (Å²) < 4.78 is 26.0. The molecule has 0 bridgehead atoms. The molecule has 0 aromatic heterocycles. The molecule has 0 aromatic carbocycles. The van der Waals surface area contributed by atoms with Gasteiger partial charge in [-0.1, -0.05) is 20.8 Å². The molecule has 0 rings (SSSR count). The monoisotopic (exact) mass is 175 g/mol. The van der Waals surface area contributed by atoms with E-state index in [1.54, 1.807) is 0 Å². The first-order chi connectivity index (χ1) is 5.23. The van der Waals surface area contributed by atoms with E-state index >= 15 is 0 Å². The van der Waals surface area contributed by atoms with Gasteiger partial charge in [0.15, 0.2) is 0 Å². The van der Waals surface area contributed by atoms with Crippen LogP contribution in [0.1, 0.15) is 20.8 Å². The van der Waals surface area contributed by atoms with Crippen LogP contribution >= 0.6 is 0 Å². The van der Waals surface area contributed by atoms with Crippen LogP contribution in [0, 0.1) is 12.0 Å². The molecule has 12 heavy (non-hydrogen) atoms.